The van der Waals surface area contributed by atoms with E-state index in [9.17, 15) is 0 Å². The van der Waals surface area contributed by atoms with Crippen LogP contribution in [0.5, 0.6) is 0 Å². The van der Waals surface area contributed by atoms with Crippen molar-refractivity contribution in [1.82, 2.24) is 19.5 Å². The Morgan fingerprint density at radius 2 is 2.31 bits per heavy atom. The van der Waals surface area contributed by atoms with Gasteiger partial charge in [-0.15, -0.1) is 0 Å². The van der Waals surface area contributed by atoms with Crippen LogP contribution < -0.4 is 0 Å². The van der Waals surface area contributed by atoms with Gasteiger partial charge in [0.25, 0.3) is 0 Å². The molecular formula is C11H9ClN4. The Bertz CT molecular complexity index is 612. The summed E-state index contributed by atoms with van der Waals surface area (Å²) in [6, 6.07) is 6.06. The first kappa shape index (κ1) is 9.42. The highest BCUT2D eigenvalue weighted by Crippen LogP contribution is 2.16. The van der Waals surface area contributed by atoms with Gasteiger partial charge < -0.3 is 9.55 Å². The van der Waals surface area contributed by atoms with E-state index >= 15 is 0 Å². The fourth-order valence-corrected chi connectivity index (χ4v) is 1.90. The molecule has 4 nitrogen and oxygen atoms in total. The van der Waals surface area contributed by atoms with Crippen molar-refractivity contribution >= 4 is 22.6 Å². The van der Waals surface area contributed by atoms with Crippen LogP contribution in [0.1, 0.15) is 5.56 Å². The topological polar surface area (TPSA) is 46.5 Å². The maximum Gasteiger partial charge on any atom is 0.201 e. The van der Waals surface area contributed by atoms with Crippen LogP contribution >= 0.6 is 11.6 Å². The highest BCUT2D eigenvalue weighted by atomic mass is 35.5. The maximum absolute atomic E-state index is 5.80. The third-order valence-corrected chi connectivity index (χ3v) is 2.62. The van der Waals surface area contributed by atoms with Crippen LogP contribution in [0.4, 0.5) is 0 Å². The molecule has 1 aromatic carbocycles. The van der Waals surface area contributed by atoms with Gasteiger partial charge in [-0.05, 0) is 29.3 Å². The van der Waals surface area contributed by atoms with Gasteiger partial charge in [0.2, 0.25) is 5.28 Å². The molecule has 0 saturated heterocycles. The molecule has 0 aliphatic carbocycles. The second-order valence-electron chi connectivity index (χ2n) is 3.61. The van der Waals surface area contributed by atoms with Crippen LogP contribution in [0.15, 0.2) is 36.9 Å². The fraction of sp³-hybridized carbons (Fsp3) is 0.0909. The average molecular weight is 233 g/mol. The normalized spacial score (nSPS) is 11.1. The van der Waals surface area contributed by atoms with E-state index in [-0.39, 0.29) is 0 Å². The molecule has 0 fully saturated rings. The van der Waals surface area contributed by atoms with Gasteiger partial charge in [0.15, 0.2) is 0 Å². The van der Waals surface area contributed by atoms with E-state index in [0.29, 0.717) is 5.28 Å². The summed E-state index contributed by atoms with van der Waals surface area (Å²) in [7, 11) is 0. The third-order valence-electron chi connectivity index (χ3n) is 2.44. The number of hydrogen-bond donors (Lipinski definition) is 1. The quantitative estimate of drug-likeness (QED) is 0.738. The molecule has 0 bridgehead atoms. The first-order valence-electron chi connectivity index (χ1n) is 4.91. The van der Waals surface area contributed by atoms with E-state index in [2.05, 4.69) is 21.0 Å². The zero-order valence-electron chi connectivity index (χ0n) is 8.39. The first-order valence-corrected chi connectivity index (χ1v) is 5.29. The molecule has 0 radical (unpaired) electrons. The van der Waals surface area contributed by atoms with E-state index in [4.69, 9.17) is 11.6 Å². The van der Waals surface area contributed by atoms with Gasteiger partial charge in [0.05, 0.1) is 17.4 Å². The van der Waals surface area contributed by atoms with Gasteiger partial charge >= 0.3 is 0 Å². The first-order chi connectivity index (χ1) is 7.81. The van der Waals surface area contributed by atoms with Crippen molar-refractivity contribution in [2.75, 3.05) is 0 Å². The predicted octanol–water partition coefficient (Wildman–Crippen LogP) is 2.46. The maximum atomic E-state index is 5.80. The molecule has 0 aliphatic heterocycles. The molecule has 2 heterocycles. The van der Waals surface area contributed by atoms with Crippen LogP contribution in [0.2, 0.25) is 5.28 Å². The molecular weight excluding hydrogens is 224 g/mol. The number of halogens is 1. The third kappa shape index (κ3) is 1.67. The van der Waals surface area contributed by atoms with E-state index < -0.39 is 0 Å². The minimum atomic E-state index is 0.426. The summed E-state index contributed by atoms with van der Waals surface area (Å²) in [5.41, 5.74) is 3.02. The Hall–Kier alpha value is -1.81. The zero-order chi connectivity index (χ0) is 11.0. The van der Waals surface area contributed by atoms with Crippen molar-refractivity contribution in [3.63, 3.8) is 0 Å². The van der Waals surface area contributed by atoms with Crippen molar-refractivity contribution < 1.29 is 0 Å². The summed E-state index contributed by atoms with van der Waals surface area (Å²) in [5.74, 6) is 0. The van der Waals surface area contributed by atoms with E-state index in [1.165, 1.54) is 5.56 Å². The lowest BCUT2D eigenvalue weighted by Crippen LogP contribution is -1.95. The molecule has 3 aromatic rings. The molecule has 0 unspecified atom stereocenters. The van der Waals surface area contributed by atoms with Crippen molar-refractivity contribution in [3.05, 3.63) is 47.8 Å². The highest BCUT2D eigenvalue weighted by molar-refractivity contribution is 6.29. The number of nitrogens with one attached hydrogen (secondary N) is 1. The standard InChI is InChI=1S/C11H9ClN4/c12-11-14-9-2-1-8(5-10(9)15-11)6-16-4-3-13-7-16/h1-5,7H,6H2,(H,14,15). The van der Waals surface area contributed by atoms with Crippen molar-refractivity contribution in [2.45, 2.75) is 6.54 Å². The van der Waals surface area contributed by atoms with Gasteiger partial charge in [-0.25, -0.2) is 9.97 Å². The molecule has 3 rings (SSSR count). The molecule has 1 N–H and O–H groups in total. The second-order valence-corrected chi connectivity index (χ2v) is 3.97. The predicted molar refractivity (Wildman–Crippen MR) is 62.4 cm³/mol. The summed E-state index contributed by atoms with van der Waals surface area (Å²) >= 11 is 5.80. The largest absolute Gasteiger partial charge is 0.333 e. The van der Waals surface area contributed by atoms with Gasteiger partial charge in [-0.2, -0.15) is 0 Å². The summed E-state index contributed by atoms with van der Waals surface area (Å²) in [4.78, 5) is 11.2. The number of fused-ring (bicyclic) bond motifs is 1. The summed E-state index contributed by atoms with van der Waals surface area (Å²) in [6.07, 6.45) is 5.49. The molecule has 0 atom stereocenters. The second kappa shape index (κ2) is 3.64. The molecule has 2 aromatic heterocycles. The van der Waals surface area contributed by atoms with Gasteiger partial charge in [0, 0.05) is 18.9 Å². The average Bonchev–Trinajstić information content (AvgIpc) is 2.85. The van der Waals surface area contributed by atoms with Crippen LogP contribution in [-0.2, 0) is 6.54 Å². The minimum Gasteiger partial charge on any atom is -0.333 e. The molecule has 0 aliphatic rings. The molecule has 80 valence electrons. The van der Waals surface area contributed by atoms with E-state index in [0.717, 1.165) is 17.6 Å². The lowest BCUT2D eigenvalue weighted by atomic mass is 10.2. The monoisotopic (exact) mass is 232 g/mol. The zero-order valence-corrected chi connectivity index (χ0v) is 9.15. The SMILES string of the molecule is Clc1nc2cc(Cn3ccnc3)ccc2[nH]1. The van der Waals surface area contributed by atoms with E-state index in [1.807, 2.05) is 22.9 Å². The lowest BCUT2D eigenvalue weighted by Gasteiger charge is -2.01. The van der Waals surface area contributed by atoms with Crippen molar-refractivity contribution in [3.8, 4) is 0 Å². The molecule has 0 spiro atoms. The van der Waals surface area contributed by atoms with Gasteiger partial charge in [0.1, 0.15) is 0 Å². The smallest absolute Gasteiger partial charge is 0.201 e. The summed E-state index contributed by atoms with van der Waals surface area (Å²) in [5, 5.41) is 0.426. The summed E-state index contributed by atoms with van der Waals surface area (Å²) in [6.45, 7) is 0.792. The van der Waals surface area contributed by atoms with Gasteiger partial charge in [-0.1, -0.05) is 6.07 Å². The number of nitrogens with zero attached hydrogens (tertiary/aromatic N) is 3. The lowest BCUT2D eigenvalue weighted by molar-refractivity contribution is 0.798. The minimum absolute atomic E-state index is 0.426. The van der Waals surface area contributed by atoms with Gasteiger partial charge in [-0.3, -0.25) is 0 Å². The fourth-order valence-electron chi connectivity index (χ4n) is 1.71. The Balaban J connectivity index is 1.98. The van der Waals surface area contributed by atoms with Crippen LogP contribution in [0.3, 0.4) is 0 Å². The van der Waals surface area contributed by atoms with E-state index in [1.54, 1.807) is 12.5 Å². The number of rotatable bonds is 2. The Kier molecular flexibility index (Phi) is 2.15. The number of aromatic amines is 1. The highest BCUT2D eigenvalue weighted by Gasteiger charge is 2.02. The number of hydrogen-bond acceptors (Lipinski definition) is 2. The van der Waals surface area contributed by atoms with Crippen LogP contribution in [0, 0.1) is 0 Å². The molecule has 5 heteroatoms. The molecule has 0 saturated carbocycles. The molecule has 0 amide bonds. The Morgan fingerprint density at radius 3 is 3.12 bits per heavy atom. The number of aromatic nitrogens is 4. The van der Waals surface area contributed by atoms with Crippen molar-refractivity contribution in [1.29, 1.82) is 0 Å². The number of benzene rings is 1. The number of H-pyrrole nitrogens is 1. The summed E-state index contributed by atoms with van der Waals surface area (Å²) < 4.78 is 2.01. The van der Waals surface area contributed by atoms with Crippen LogP contribution in [0.25, 0.3) is 11.0 Å². The Morgan fingerprint density at radius 1 is 1.38 bits per heavy atom. The van der Waals surface area contributed by atoms with Crippen LogP contribution in [-0.4, -0.2) is 19.5 Å². The Labute approximate surface area is 96.9 Å². The number of imidazole rings is 2. The molecule has 16 heavy (non-hydrogen) atoms. The van der Waals surface area contributed by atoms with Crippen molar-refractivity contribution in [2.24, 2.45) is 0 Å².